The van der Waals surface area contributed by atoms with Crippen molar-refractivity contribution in [3.63, 3.8) is 0 Å². The number of nitrogens with zero attached hydrogens (tertiary/aromatic N) is 1. The van der Waals surface area contributed by atoms with E-state index in [2.05, 4.69) is 79.8 Å². The van der Waals surface area contributed by atoms with Crippen LogP contribution in [0.5, 0.6) is 0 Å². The van der Waals surface area contributed by atoms with Crippen molar-refractivity contribution in [1.29, 1.82) is 0 Å². The molecule has 1 nitrogen and oxygen atoms in total. The largest absolute Gasteiger partial charge is 0.248 e. The molecule has 0 spiro atoms. The number of benzene rings is 1. The van der Waals surface area contributed by atoms with E-state index < -0.39 is 0 Å². The summed E-state index contributed by atoms with van der Waals surface area (Å²) in [5, 5.41) is 0. The molecule has 0 saturated heterocycles. The van der Waals surface area contributed by atoms with E-state index in [9.17, 15) is 0 Å². The Kier molecular flexibility index (Phi) is 4.97. The summed E-state index contributed by atoms with van der Waals surface area (Å²) in [6.07, 6.45) is 19.3. The second-order valence-corrected chi connectivity index (χ2v) is 7.13. The quantitative estimate of drug-likeness (QED) is 0.592. The highest BCUT2D eigenvalue weighted by Crippen LogP contribution is 2.30. The maximum Gasteiger partial charge on any atom is 0.0712 e. The predicted octanol–water partition coefficient (Wildman–Crippen LogP) is 6.91. The van der Waals surface area contributed by atoms with Crippen LogP contribution >= 0.6 is 0 Å². The fraction of sp³-hybridized carbons (Fsp3) is 0.240. The lowest BCUT2D eigenvalue weighted by Gasteiger charge is -2.13. The van der Waals surface area contributed by atoms with E-state index in [1.807, 2.05) is 0 Å². The average Bonchev–Trinajstić information content (AvgIpc) is 2.98. The van der Waals surface area contributed by atoms with Crippen molar-refractivity contribution in [2.45, 2.75) is 39.0 Å². The van der Waals surface area contributed by atoms with Crippen LogP contribution in [0.2, 0.25) is 0 Å². The van der Waals surface area contributed by atoms with Crippen LogP contribution in [0.25, 0.3) is 22.3 Å². The maximum absolute atomic E-state index is 5.03. The van der Waals surface area contributed by atoms with E-state index in [1.54, 1.807) is 0 Å². The molecule has 1 heterocycles. The highest BCUT2D eigenvalue weighted by atomic mass is 14.7. The van der Waals surface area contributed by atoms with E-state index in [0.29, 0.717) is 0 Å². The first kappa shape index (κ1) is 16.8. The van der Waals surface area contributed by atoms with Crippen molar-refractivity contribution in [1.82, 2.24) is 4.98 Å². The average molecular weight is 339 g/mol. The van der Waals surface area contributed by atoms with Gasteiger partial charge in [-0.3, -0.25) is 0 Å². The summed E-state index contributed by atoms with van der Waals surface area (Å²) in [6.45, 7) is 2.15. The van der Waals surface area contributed by atoms with Gasteiger partial charge < -0.3 is 0 Å². The zero-order valence-corrected chi connectivity index (χ0v) is 15.4. The van der Waals surface area contributed by atoms with Crippen molar-refractivity contribution in [3.8, 4) is 11.1 Å². The molecule has 1 aromatic heterocycles. The molecular weight excluding hydrogens is 314 g/mol. The van der Waals surface area contributed by atoms with Crippen molar-refractivity contribution in [2.24, 2.45) is 0 Å². The minimum absolute atomic E-state index is 1.08. The first-order valence-electron chi connectivity index (χ1n) is 9.63. The molecular formula is C25H25N. The van der Waals surface area contributed by atoms with Crippen molar-refractivity contribution < 1.29 is 0 Å². The summed E-state index contributed by atoms with van der Waals surface area (Å²) in [5.74, 6) is 0. The van der Waals surface area contributed by atoms with Crippen LogP contribution in [0.1, 0.15) is 49.1 Å². The molecule has 1 aromatic carbocycles. The lowest BCUT2D eigenvalue weighted by atomic mass is 9.97. The SMILES string of the molecule is Cc1cccc(-c2cc(C3=CCCC=C3)nc(C3=CCCCC=C3)c2)c1. The van der Waals surface area contributed by atoms with Crippen molar-refractivity contribution >= 4 is 11.1 Å². The third kappa shape index (κ3) is 3.77. The van der Waals surface area contributed by atoms with Gasteiger partial charge in [0.1, 0.15) is 0 Å². The minimum atomic E-state index is 1.08. The molecule has 0 bridgehead atoms. The van der Waals surface area contributed by atoms with Crippen LogP contribution in [0.15, 0.2) is 72.9 Å². The van der Waals surface area contributed by atoms with Gasteiger partial charge in [0.15, 0.2) is 0 Å². The van der Waals surface area contributed by atoms with Crippen LogP contribution in [0.4, 0.5) is 0 Å². The maximum atomic E-state index is 5.03. The molecule has 4 rings (SSSR count). The van der Waals surface area contributed by atoms with Crippen molar-refractivity contribution in [2.75, 3.05) is 0 Å². The smallest absolute Gasteiger partial charge is 0.0712 e. The van der Waals surface area contributed by atoms with Gasteiger partial charge >= 0.3 is 0 Å². The molecule has 130 valence electrons. The molecule has 0 atom stereocenters. The Morgan fingerprint density at radius 2 is 1.46 bits per heavy atom. The third-order valence-corrected chi connectivity index (χ3v) is 5.00. The van der Waals surface area contributed by atoms with Crippen LogP contribution in [0.3, 0.4) is 0 Å². The van der Waals surface area contributed by atoms with Gasteiger partial charge in [-0.25, -0.2) is 4.98 Å². The van der Waals surface area contributed by atoms with Gasteiger partial charge in [0, 0.05) is 0 Å². The third-order valence-electron chi connectivity index (χ3n) is 5.00. The Morgan fingerprint density at radius 1 is 0.731 bits per heavy atom. The van der Waals surface area contributed by atoms with E-state index in [-0.39, 0.29) is 0 Å². The summed E-state index contributed by atoms with van der Waals surface area (Å²) in [4.78, 5) is 5.03. The zero-order valence-electron chi connectivity index (χ0n) is 15.4. The van der Waals surface area contributed by atoms with E-state index >= 15 is 0 Å². The van der Waals surface area contributed by atoms with Gasteiger partial charge in [-0.15, -0.1) is 0 Å². The molecule has 2 aliphatic rings. The lowest BCUT2D eigenvalue weighted by Crippen LogP contribution is -1.97. The van der Waals surface area contributed by atoms with Crippen LogP contribution < -0.4 is 0 Å². The molecule has 0 radical (unpaired) electrons. The van der Waals surface area contributed by atoms with Gasteiger partial charge in [-0.05, 0) is 73.4 Å². The summed E-state index contributed by atoms with van der Waals surface area (Å²) >= 11 is 0. The Labute approximate surface area is 156 Å². The molecule has 2 aromatic rings. The first-order chi connectivity index (χ1) is 12.8. The summed E-state index contributed by atoms with van der Waals surface area (Å²) < 4.78 is 0. The zero-order chi connectivity index (χ0) is 17.8. The number of aromatic nitrogens is 1. The molecule has 0 fully saturated rings. The van der Waals surface area contributed by atoms with Gasteiger partial charge in [0.25, 0.3) is 0 Å². The Morgan fingerprint density at radius 3 is 2.15 bits per heavy atom. The fourth-order valence-electron chi connectivity index (χ4n) is 3.58. The van der Waals surface area contributed by atoms with Gasteiger partial charge in [0.05, 0.1) is 11.4 Å². The second kappa shape index (κ2) is 7.70. The number of allylic oxidation sites excluding steroid dienone is 8. The molecule has 0 unspecified atom stereocenters. The Hall–Kier alpha value is -2.67. The van der Waals surface area contributed by atoms with Gasteiger partial charge in [-0.1, -0.05) is 66.3 Å². The highest BCUT2D eigenvalue weighted by Gasteiger charge is 2.11. The monoisotopic (exact) mass is 339 g/mol. The number of hydrogen-bond donors (Lipinski definition) is 0. The van der Waals surface area contributed by atoms with E-state index in [4.69, 9.17) is 4.98 Å². The summed E-state index contributed by atoms with van der Waals surface area (Å²) in [7, 11) is 0. The number of hydrogen-bond acceptors (Lipinski definition) is 1. The van der Waals surface area contributed by atoms with E-state index in [0.717, 1.165) is 37.1 Å². The van der Waals surface area contributed by atoms with Gasteiger partial charge in [0.2, 0.25) is 0 Å². The molecule has 26 heavy (non-hydrogen) atoms. The fourth-order valence-corrected chi connectivity index (χ4v) is 3.58. The van der Waals surface area contributed by atoms with Crippen LogP contribution in [-0.2, 0) is 0 Å². The summed E-state index contributed by atoms with van der Waals surface area (Å²) in [5.41, 5.74) is 8.43. The molecule has 0 amide bonds. The molecule has 0 aliphatic heterocycles. The minimum Gasteiger partial charge on any atom is -0.248 e. The second-order valence-electron chi connectivity index (χ2n) is 7.13. The Bertz CT molecular complexity index is 925. The summed E-state index contributed by atoms with van der Waals surface area (Å²) in [6, 6.07) is 13.2. The highest BCUT2D eigenvalue weighted by molar-refractivity contribution is 5.81. The number of pyridine rings is 1. The normalized spacial score (nSPS) is 16.8. The molecule has 0 N–H and O–H groups in total. The molecule has 2 aliphatic carbocycles. The lowest BCUT2D eigenvalue weighted by molar-refractivity contribution is 0.876. The molecule has 1 heteroatoms. The number of aryl methyl sites for hydroxylation is 1. The first-order valence-corrected chi connectivity index (χ1v) is 9.63. The Balaban J connectivity index is 1.85. The van der Waals surface area contributed by atoms with Crippen LogP contribution in [-0.4, -0.2) is 4.98 Å². The topological polar surface area (TPSA) is 12.9 Å². The predicted molar refractivity (Wildman–Crippen MR) is 112 cm³/mol. The standard InChI is InChI=1S/C25H25N/c1-19-10-9-15-22(16-19)23-17-24(20-11-5-2-3-6-12-20)26-25(18-23)21-13-7-4-8-14-21/h5,7,9-18H,2-4,6,8H2,1H3. The number of rotatable bonds is 3. The van der Waals surface area contributed by atoms with Crippen LogP contribution in [0, 0.1) is 6.92 Å². The van der Waals surface area contributed by atoms with E-state index in [1.165, 1.54) is 34.3 Å². The van der Waals surface area contributed by atoms with Gasteiger partial charge in [-0.2, -0.15) is 0 Å². The molecule has 0 saturated carbocycles. The van der Waals surface area contributed by atoms with Crippen molar-refractivity contribution in [3.05, 3.63) is 89.8 Å².